The first-order chi connectivity index (χ1) is 13.1. The van der Waals surface area contributed by atoms with E-state index in [9.17, 15) is 9.18 Å². The van der Waals surface area contributed by atoms with E-state index in [0.29, 0.717) is 16.7 Å². The summed E-state index contributed by atoms with van der Waals surface area (Å²) in [6.45, 7) is 5.73. The third kappa shape index (κ3) is 3.74. The Bertz CT molecular complexity index is 955. The molecule has 1 aromatic heterocycles. The van der Waals surface area contributed by atoms with Gasteiger partial charge in [-0.1, -0.05) is 32.9 Å². The van der Waals surface area contributed by atoms with Crippen LogP contribution in [0.2, 0.25) is 0 Å². The van der Waals surface area contributed by atoms with E-state index in [4.69, 9.17) is 21.4 Å². The minimum absolute atomic E-state index is 0.0301. The van der Waals surface area contributed by atoms with Gasteiger partial charge >= 0.3 is 11.9 Å². The number of carbonyl (C=O) groups is 1. The molecule has 0 amide bonds. The summed E-state index contributed by atoms with van der Waals surface area (Å²) in [5.41, 5.74) is 13.0. The lowest BCUT2D eigenvalue weighted by molar-refractivity contribution is -0.142. The number of pyridine rings is 1. The fraction of sp³-hybridized carbons (Fsp3) is 0.316. The number of hydroxylamine groups is 2. The highest BCUT2D eigenvalue weighted by Gasteiger charge is 2.40. The van der Waals surface area contributed by atoms with Crippen LogP contribution in [0.25, 0.3) is 11.1 Å². The molecule has 0 saturated carbocycles. The fourth-order valence-corrected chi connectivity index (χ4v) is 2.95. The monoisotopic (exact) mass is 387 g/mol. The van der Waals surface area contributed by atoms with E-state index in [0.717, 1.165) is 0 Å². The largest absolute Gasteiger partial charge is 0.474 e. The van der Waals surface area contributed by atoms with Crippen LogP contribution >= 0.6 is 0 Å². The van der Waals surface area contributed by atoms with Crippen LogP contribution in [0.4, 0.5) is 15.9 Å². The summed E-state index contributed by atoms with van der Waals surface area (Å²) in [5, 5.41) is 10.5. The van der Waals surface area contributed by atoms with Crippen molar-refractivity contribution in [3.8, 4) is 11.1 Å². The van der Waals surface area contributed by atoms with Crippen LogP contribution in [-0.2, 0) is 16.2 Å². The van der Waals surface area contributed by atoms with E-state index in [-0.39, 0.29) is 18.1 Å². The first-order valence-corrected chi connectivity index (χ1v) is 8.62. The van der Waals surface area contributed by atoms with Gasteiger partial charge in [-0.2, -0.15) is 0 Å². The maximum atomic E-state index is 14.8. The number of aromatic nitrogens is 1. The lowest BCUT2D eigenvalue weighted by Gasteiger charge is -2.30. The molecule has 3 rings (SSSR count). The van der Waals surface area contributed by atoms with Gasteiger partial charge in [0.2, 0.25) is 0 Å². The van der Waals surface area contributed by atoms with Crippen molar-refractivity contribution in [3.05, 3.63) is 41.8 Å². The number of aliphatic carboxylic acids is 1. The second kappa shape index (κ2) is 7.08. The van der Waals surface area contributed by atoms with Crippen molar-refractivity contribution in [1.29, 1.82) is 0 Å². The Hall–Kier alpha value is -3.20. The molecule has 1 aromatic carbocycles. The van der Waals surface area contributed by atoms with Crippen molar-refractivity contribution in [3.63, 3.8) is 0 Å². The van der Waals surface area contributed by atoms with E-state index in [1.165, 1.54) is 17.3 Å². The lowest BCUT2D eigenvalue weighted by Crippen LogP contribution is -2.38. The minimum Gasteiger partial charge on any atom is -0.474 e. The first-order valence-electron chi connectivity index (χ1n) is 8.62. The summed E-state index contributed by atoms with van der Waals surface area (Å²) >= 11 is 0. The van der Waals surface area contributed by atoms with Crippen LogP contribution in [0.5, 0.6) is 0 Å². The smallest absolute Gasteiger partial charge is 0.393 e. The van der Waals surface area contributed by atoms with Crippen LogP contribution in [-0.4, -0.2) is 33.2 Å². The molecule has 0 bridgehead atoms. The van der Waals surface area contributed by atoms with Gasteiger partial charge in [-0.25, -0.2) is 19.2 Å². The Kier molecular flexibility index (Phi) is 4.95. The molecule has 1 aliphatic rings. The summed E-state index contributed by atoms with van der Waals surface area (Å²) < 4.78 is 14.8. The SMILES string of the molecule is CC(C)(C)C1N=C(C(=O)O)ON1Cc1ccc(-c2ccnc(N)c2N)cc1F. The zero-order chi connectivity index (χ0) is 20.6. The van der Waals surface area contributed by atoms with E-state index in [2.05, 4.69) is 9.98 Å². The van der Waals surface area contributed by atoms with Gasteiger partial charge < -0.3 is 21.4 Å². The number of nitrogens with two attached hydrogens (primary N) is 2. The highest BCUT2D eigenvalue weighted by atomic mass is 19.1. The van der Waals surface area contributed by atoms with E-state index in [1.807, 2.05) is 20.8 Å². The molecule has 0 spiro atoms. The molecular weight excluding hydrogens is 365 g/mol. The van der Waals surface area contributed by atoms with Gasteiger partial charge in [0.05, 0.1) is 12.2 Å². The second-order valence-electron chi connectivity index (χ2n) is 7.61. The number of halogens is 1. The zero-order valence-electron chi connectivity index (χ0n) is 15.8. The topological polar surface area (TPSA) is 127 Å². The standard InChI is InChI=1S/C19H22FN5O3/c1-19(2,3)18-24-16(17(26)27)28-25(18)9-11-5-4-10(8-13(11)20)12-6-7-23-15(22)14(12)21/h4-8,18H,9,21H2,1-3H3,(H2,22,23)(H,26,27). The molecular formula is C19H22FN5O3. The van der Waals surface area contributed by atoms with Gasteiger partial charge in [0.25, 0.3) is 0 Å². The normalized spacial score (nSPS) is 17.3. The Balaban J connectivity index is 1.87. The number of nitrogen functional groups attached to an aromatic ring is 2. The van der Waals surface area contributed by atoms with Crippen molar-refractivity contribution in [2.75, 3.05) is 11.5 Å². The molecule has 0 radical (unpaired) electrons. The Morgan fingerprint density at radius 3 is 2.64 bits per heavy atom. The highest BCUT2D eigenvalue weighted by molar-refractivity contribution is 6.31. The van der Waals surface area contributed by atoms with Gasteiger partial charge in [0.1, 0.15) is 17.8 Å². The number of aliphatic imine (C=N–C) groups is 1. The van der Waals surface area contributed by atoms with Crippen LogP contribution < -0.4 is 11.5 Å². The third-order valence-corrected chi connectivity index (χ3v) is 4.38. The number of nitrogens with zero attached hydrogens (tertiary/aromatic N) is 3. The number of rotatable bonds is 4. The van der Waals surface area contributed by atoms with Crippen LogP contribution in [0.3, 0.4) is 0 Å². The molecule has 1 unspecified atom stereocenters. The van der Waals surface area contributed by atoms with Crippen LogP contribution in [0.15, 0.2) is 35.5 Å². The minimum atomic E-state index is -1.27. The Labute approximate surface area is 161 Å². The van der Waals surface area contributed by atoms with Crippen molar-refractivity contribution in [1.82, 2.24) is 10.0 Å². The van der Waals surface area contributed by atoms with Gasteiger partial charge in [-0.15, -0.1) is 5.06 Å². The number of benzene rings is 1. The molecule has 2 heterocycles. The van der Waals surface area contributed by atoms with Crippen molar-refractivity contribution < 1.29 is 19.1 Å². The molecule has 1 aliphatic heterocycles. The molecule has 2 aromatic rings. The number of hydrogen-bond acceptors (Lipinski definition) is 7. The molecule has 0 fully saturated rings. The first kappa shape index (κ1) is 19.6. The predicted molar refractivity (Wildman–Crippen MR) is 103 cm³/mol. The van der Waals surface area contributed by atoms with E-state index in [1.54, 1.807) is 18.2 Å². The second-order valence-corrected chi connectivity index (χ2v) is 7.61. The maximum Gasteiger partial charge on any atom is 0.393 e. The number of hydrogen-bond donors (Lipinski definition) is 3. The summed E-state index contributed by atoms with van der Waals surface area (Å²) in [7, 11) is 0. The molecule has 9 heteroatoms. The van der Waals surface area contributed by atoms with Crippen LogP contribution in [0, 0.1) is 11.2 Å². The fourth-order valence-electron chi connectivity index (χ4n) is 2.95. The van der Waals surface area contributed by atoms with Gasteiger partial charge in [0, 0.05) is 22.7 Å². The highest BCUT2D eigenvalue weighted by Crippen LogP contribution is 2.33. The Morgan fingerprint density at radius 1 is 1.32 bits per heavy atom. The van der Waals surface area contributed by atoms with Gasteiger partial charge in [-0.05, 0) is 17.7 Å². The van der Waals surface area contributed by atoms with E-state index < -0.39 is 29.3 Å². The van der Waals surface area contributed by atoms with Crippen molar-refractivity contribution in [2.45, 2.75) is 33.5 Å². The molecule has 28 heavy (non-hydrogen) atoms. The summed E-state index contributed by atoms with van der Waals surface area (Å²) in [4.78, 5) is 24.6. The summed E-state index contributed by atoms with van der Waals surface area (Å²) in [6.07, 6.45) is 0.942. The van der Waals surface area contributed by atoms with E-state index >= 15 is 0 Å². The molecule has 0 saturated heterocycles. The number of anilines is 2. The molecule has 1 atom stereocenters. The Morgan fingerprint density at radius 2 is 2.04 bits per heavy atom. The van der Waals surface area contributed by atoms with Crippen molar-refractivity contribution in [2.24, 2.45) is 10.4 Å². The van der Waals surface area contributed by atoms with Gasteiger partial charge in [-0.3, -0.25) is 0 Å². The van der Waals surface area contributed by atoms with Gasteiger partial charge in [0.15, 0.2) is 0 Å². The van der Waals surface area contributed by atoms with Crippen molar-refractivity contribution >= 4 is 23.4 Å². The number of carboxylic acid groups (broad SMARTS) is 1. The van der Waals surface area contributed by atoms with Crippen LogP contribution in [0.1, 0.15) is 26.3 Å². The zero-order valence-corrected chi connectivity index (χ0v) is 15.8. The average molecular weight is 387 g/mol. The maximum absolute atomic E-state index is 14.8. The lowest BCUT2D eigenvalue weighted by atomic mass is 9.92. The third-order valence-electron chi connectivity index (χ3n) is 4.38. The quantitative estimate of drug-likeness (QED) is 0.736. The molecule has 0 aliphatic carbocycles. The average Bonchev–Trinajstić information content (AvgIpc) is 3.04. The summed E-state index contributed by atoms with van der Waals surface area (Å²) in [6, 6.07) is 6.32. The molecule has 8 nitrogen and oxygen atoms in total. The number of carboxylic acids is 1. The molecule has 5 N–H and O–H groups in total. The summed E-state index contributed by atoms with van der Waals surface area (Å²) in [5.74, 6) is -1.97. The molecule has 148 valence electrons. The predicted octanol–water partition coefficient (Wildman–Crippen LogP) is 2.65.